The monoisotopic (exact) mass is 125 g/mol. The second-order valence-corrected chi connectivity index (χ2v) is 1.67. The van der Waals surface area contributed by atoms with E-state index in [-0.39, 0.29) is 0 Å². The summed E-state index contributed by atoms with van der Waals surface area (Å²) >= 11 is 0. The summed E-state index contributed by atoms with van der Waals surface area (Å²) in [4.78, 5) is 4.83. The Bertz CT molecular complexity index is 183. The molecule has 0 aliphatic heterocycles. The maximum atomic E-state index is 5.41. The normalized spacial score (nSPS) is 9.00. The van der Waals surface area contributed by atoms with Gasteiger partial charge in [-0.3, -0.25) is 4.84 Å². The number of nitrogen functional groups attached to an aromatic ring is 1. The van der Waals surface area contributed by atoms with Gasteiger partial charge in [0.15, 0.2) is 0 Å². The first kappa shape index (κ1) is 5.88. The molecule has 1 aromatic rings. The summed E-state index contributed by atoms with van der Waals surface area (Å²) in [6.07, 6.45) is 3.49. The van der Waals surface area contributed by atoms with Crippen LogP contribution in [-0.2, 0) is 0 Å². The van der Waals surface area contributed by atoms with E-state index in [9.17, 15) is 0 Å². The van der Waals surface area contributed by atoms with Gasteiger partial charge in [-0.05, 0) is 0 Å². The van der Waals surface area contributed by atoms with Crippen LogP contribution in [0, 0.1) is 0 Å². The van der Waals surface area contributed by atoms with E-state index in [1.165, 1.54) is 0 Å². The van der Waals surface area contributed by atoms with E-state index in [1.807, 2.05) is 0 Å². The smallest absolute Gasteiger partial charge is 0.224 e. The van der Waals surface area contributed by atoms with Crippen LogP contribution in [0.1, 0.15) is 0 Å². The van der Waals surface area contributed by atoms with Crippen LogP contribution in [0.5, 0.6) is 0 Å². The van der Waals surface area contributed by atoms with Crippen molar-refractivity contribution in [2.24, 2.45) is 0 Å². The fraction of sp³-hybridized carbons (Fsp3) is 0.167. The van der Waals surface area contributed by atoms with Gasteiger partial charge in [-0.1, -0.05) is 0 Å². The molecule has 48 valence electrons. The lowest BCUT2D eigenvalue weighted by Crippen LogP contribution is -2.39. The molecule has 0 aliphatic carbocycles. The van der Waals surface area contributed by atoms with Crippen LogP contribution in [0.15, 0.2) is 24.5 Å². The van der Waals surface area contributed by atoms with Crippen molar-refractivity contribution >= 4 is 5.69 Å². The minimum Gasteiger partial charge on any atom is -0.398 e. The number of aromatic nitrogens is 1. The van der Waals surface area contributed by atoms with E-state index < -0.39 is 0 Å². The summed E-state index contributed by atoms with van der Waals surface area (Å²) in [5, 5.41) is 0. The first-order chi connectivity index (χ1) is 4.33. The molecule has 1 aromatic heterocycles. The van der Waals surface area contributed by atoms with Crippen LogP contribution in [-0.4, -0.2) is 7.11 Å². The Morgan fingerprint density at radius 3 is 2.44 bits per heavy atom. The molecule has 3 nitrogen and oxygen atoms in total. The van der Waals surface area contributed by atoms with Crippen molar-refractivity contribution in [3.63, 3.8) is 0 Å². The minimum atomic E-state index is 0.739. The summed E-state index contributed by atoms with van der Waals surface area (Å²) in [5.41, 5.74) is 6.15. The van der Waals surface area contributed by atoms with Gasteiger partial charge in [-0.25, -0.2) is 0 Å². The lowest BCUT2D eigenvalue weighted by Gasteiger charge is -1.89. The average molecular weight is 125 g/mol. The lowest BCUT2D eigenvalue weighted by atomic mass is 10.4. The van der Waals surface area contributed by atoms with Crippen LogP contribution in [0.25, 0.3) is 0 Å². The number of nitrogens with two attached hydrogens (primary N) is 1. The SMILES string of the molecule is CO[n+]1ccc(N)cc1. The summed E-state index contributed by atoms with van der Waals surface area (Å²) < 4.78 is 1.57. The topological polar surface area (TPSA) is 39.1 Å². The summed E-state index contributed by atoms with van der Waals surface area (Å²) in [6, 6.07) is 3.53. The number of hydrogen-bond donors (Lipinski definition) is 1. The third-order valence-electron chi connectivity index (χ3n) is 1.04. The number of pyridine rings is 1. The zero-order valence-electron chi connectivity index (χ0n) is 5.24. The zero-order valence-corrected chi connectivity index (χ0v) is 5.24. The van der Waals surface area contributed by atoms with Crippen LogP contribution in [0.2, 0.25) is 0 Å². The molecule has 0 amide bonds. The summed E-state index contributed by atoms with van der Waals surface area (Å²) in [5.74, 6) is 0. The Balaban J connectivity index is 2.88. The van der Waals surface area contributed by atoms with Gasteiger partial charge in [0, 0.05) is 22.6 Å². The van der Waals surface area contributed by atoms with Crippen LogP contribution >= 0.6 is 0 Å². The third-order valence-corrected chi connectivity index (χ3v) is 1.04. The molecule has 0 saturated carbocycles. The first-order valence-electron chi connectivity index (χ1n) is 2.64. The van der Waals surface area contributed by atoms with Gasteiger partial charge < -0.3 is 5.73 Å². The largest absolute Gasteiger partial charge is 0.398 e. The zero-order chi connectivity index (χ0) is 6.69. The molecule has 0 bridgehead atoms. The molecule has 1 heterocycles. The van der Waals surface area contributed by atoms with Crippen LogP contribution in [0.4, 0.5) is 5.69 Å². The molecule has 0 aliphatic rings. The van der Waals surface area contributed by atoms with Crippen molar-refractivity contribution in [2.45, 2.75) is 0 Å². The average Bonchev–Trinajstić information content (AvgIpc) is 1.90. The highest BCUT2D eigenvalue weighted by molar-refractivity contribution is 5.32. The Morgan fingerprint density at radius 2 is 2.00 bits per heavy atom. The quantitative estimate of drug-likeness (QED) is 0.519. The standard InChI is InChI=1S/C6H8N2O/c1-9-8-4-2-6(7)3-5-8/h2-5,7H,1H3/p+1. The lowest BCUT2D eigenvalue weighted by molar-refractivity contribution is -0.885. The maximum Gasteiger partial charge on any atom is 0.224 e. The molecule has 0 saturated heterocycles. The second kappa shape index (κ2) is 2.35. The van der Waals surface area contributed by atoms with E-state index in [1.54, 1.807) is 36.4 Å². The Hall–Kier alpha value is -1.25. The molecule has 0 fully saturated rings. The molecule has 0 spiro atoms. The van der Waals surface area contributed by atoms with Gasteiger partial charge in [0.1, 0.15) is 7.11 Å². The number of anilines is 1. The predicted molar refractivity (Wildman–Crippen MR) is 33.6 cm³/mol. The Morgan fingerprint density at radius 1 is 1.44 bits per heavy atom. The van der Waals surface area contributed by atoms with E-state index in [0.29, 0.717) is 0 Å². The molecule has 0 unspecified atom stereocenters. The second-order valence-electron chi connectivity index (χ2n) is 1.67. The summed E-state index contributed by atoms with van der Waals surface area (Å²) in [6.45, 7) is 0. The van der Waals surface area contributed by atoms with Gasteiger partial charge in [-0.15, -0.1) is 0 Å². The molecular formula is C6H9N2O+. The predicted octanol–water partition coefficient (Wildman–Crippen LogP) is -0.385. The number of hydrogen-bond acceptors (Lipinski definition) is 2. The van der Waals surface area contributed by atoms with Crippen LogP contribution < -0.4 is 15.3 Å². The van der Waals surface area contributed by atoms with E-state index in [0.717, 1.165) is 5.69 Å². The van der Waals surface area contributed by atoms with E-state index >= 15 is 0 Å². The fourth-order valence-corrected chi connectivity index (χ4v) is 0.546. The molecular weight excluding hydrogens is 116 g/mol. The minimum absolute atomic E-state index is 0.739. The Kier molecular flexibility index (Phi) is 1.53. The Labute approximate surface area is 53.6 Å². The van der Waals surface area contributed by atoms with Crippen molar-refractivity contribution in [3.05, 3.63) is 24.5 Å². The van der Waals surface area contributed by atoms with Crippen LogP contribution in [0.3, 0.4) is 0 Å². The van der Waals surface area contributed by atoms with Gasteiger partial charge in [0.2, 0.25) is 12.4 Å². The van der Waals surface area contributed by atoms with E-state index in [4.69, 9.17) is 10.6 Å². The molecule has 3 heteroatoms. The number of nitrogens with zero attached hydrogens (tertiary/aromatic N) is 1. The van der Waals surface area contributed by atoms with Crippen molar-refractivity contribution in [1.29, 1.82) is 0 Å². The first-order valence-corrected chi connectivity index (χ1v) is 2.64. The molecule has 0 radical (unpaired) electrons. The summed E-state index contributed by atoms with van der Waals surface area (Å²) in [7, 11) is 1.59. The molecule has 1 rings (SSSR count). The van der Waals surface area contributed by atoms with Gasteiger partial charge in [-0.2, -0.15) is 0 Å². The van der Waals surface area contributed by atoms with Crippen molar-refractivity contribution < 1.29 is 9.57 Å². The van der Waals surface area contributed by atoms with Crippen molar-refractivity contribution in [3.8, 4) is 0 Å². The highest BCUT2D eigenvalue weighted by atomic mass is 16.6. The maximum absolute atomic E-state index is 5.41. The van der Waals surface area contributed by atoms with Gasteiger partial charge in [0.25, 0.3) is 0 Å². The molecule has 0 atom stereocenters. The van der Waals surface area contributed by atoms with Crippen molar-refractivity contribution in [1.82, 2.24) is 0 Å². The fourth-order valence-electron chi connectivity index (χ4n) is 0.546. The highest BCUT2D eigenvalue weighted by Gasteiger charge is 1.93. The third kappa shape index (κ3) is 1.32. The molecule has 9 heavy (non-hydrogen) atoms. The number of rotatable bonds is 1. The van der Waals surface area contributed by atoms with Gasteiger partial charge in [0.05, 0.1) is 0 Å². The molecule has 2 N–H and O–H groups in total. The van der Waals surface area contributed by atoms with Gasteiger partial charge >= 0.3 is 0 Å². The van der Waals surface area contributed by atoms with E-state index in [2.05, 4.69) is 0 Å². The van der Waals surface area contributed by atoms with Crippen molar-refractivity contribution in [2.75, 3.05) is 12.8 Å². The highest BCUT2D eigenvalue weighted by Crippen LogP contribution is 1.91. The molecule has 0 aromatic carbocycles.